The molecule has 0 bridgehead atoms. The molecule has 1 aromatic heterocycles. The number of benzene rings is 9. The monoisotopic (exact) mass is 792 g/mol. The Morgan fingerprint density at radius 1 is 0.403 bits per heavy atom. The molecule has 0 amide bonds. The zero-order valence-electron chi connectivity index (χ0n) is 34.4. The Bertz CT molecular complexity index is 3230. The lowest BCUT2D eigenvalue weighted by Crippen LogP contribution is -2.10. The van der Waals surface area contributed by atoms with E-state index in [2.05, 4.69) is 258 Å². The van der Waals surface area contributed by atoms with E-state index >= 15 is 0 Å². The van der Waals surface area contributed by atoms with Crippen LogP contribution in [0.5, 0.6) is 0 Å². The number of aromatic nitrogens is 1. The number of hydrogen-bond acceptors (Lipinski definition) is 1. The molecule has 294 valence electrons. The molecule has 0 fully saturated rings. The largest absolute Gasteiger partial charge is 0.310 e. The van der Waals surface area contributed by atoms with Crippen molar-refractivity contribution in [2.24, 2.45) is 0 Å². The van der Waals surface area contributed by atoms with E-state index in [0.29, 0.717) is 5.92 Å². The first kappa shape index (κ1) is 37.1. The summed E-state index contributed by atoms with van der Waals surface area (Å²) in [5, 5.41) is 2.52. The molecule has 0 radical (unpaired) electrons. The lowest BCUT2D eigenvalue weighted by atomic mass is 9.88. The van der Waals surface area contributed by atoms with E-state index in [0.717, 1.165) is 34.7 Å². The Morgan fingerprint density at radius 2 is 0.968 bits per heavy atom. The average molecular weight is 793 g/mol. The molecule has 0 saturated carbocycles. The number of nitrogens with zero attached hydrogens (tertiary/aromatic N) is 2. The summed E-state index contributed by atoms with van der Waals surface area (Å²) in [4.78, 5) is 2.38. The van der Waals surface area contributed by atoms with Crippen molar-refractivity contribution < 1.29 is 0 Å². The zero-order chi connectivity index (χ0) is 41.2. The summed E-state index contributed by atoms with van der Waals surface area (Å²) in [5.74, 6) is 0.414. The average Bonchev–Trinajstić information content (AvgIpc) is 3.70. The first-order valence-corrected chi connectivity index (χ1v) is 21.5. The van der Waals surface area contributed by atoms with Crippen LogP contribution in [0.4, 0.5) is 17.1 Å². The van der Waals surface area contributed by atoms with Gasteiger partial charge in [0.25, 0.3) is 0 Å². The first-order valence-electron chi connectivity index (χ1n) is 21.5. The number of anilines is 3. The third-order valence-corrected chi connectivity index (χ3v) is 12.3. The Hall–Kier alpha value is -7.94. The van der Waals surface area contributed by atoms with Gasteiger partial charge in [0.1, 0.15) is 0 Å². The molecule has 1 unspecified atom stereocenters. The second-order valence-electron chi connectivity index (χ2n) is 16.1. The van der Waals surface area contributed by atoms with Crippen molar-refractivity contribution in [2.45, 2.75) is 12.3 Å². The summed E-state index contributed by atoms with van der Waals surface area (Å²) in [6.07, 6.45) is 8.02. The minimum atomic E-state index is 0.414. The first-order chi connectivity index (χ1) is 30.7. The summed E-state index contributed by atoms with van der Waals surface area (Å²) < 4.78 is 2.39. The maximum atomic E-state index is 2.39. The fourth-order valence-electron chi connectivity index (χ4n) is 9.27. The molecular formula is C60H44N2. The van der Waals surface area contributed by atoms with Gasteiger partial charge in [0.15, 0.2) is 0 Å². The molecule has 10 aromatic rings. The minimum absolute atomic E-state index is 0.414. The summed E-state index contributed by atoms with van der Waals surface area (Å²) in [5.41, 5.74) is 17.9. The van der Waals surface area contributed by atoms with Gasteiger partial charge in [-0.05, 0) is 123 Å². The van der Waals surface area contributed by atoms with Crippen LogP contribution in [0.1, 0.15) is 23.5 Å². The molecule has 11 rings (SSSR count). The van der Waals surface area contributed by atoms with Crippen molar-refractivity contribution in [1.29, 1.82) is 0 Å². The molecule has 0 saturated heterocycles. The molecule has 2 heteroatoms. The number of allylic oxidation sites excluding steroid dienone is 4. The van der Waals surface area contributed by atoms with Crippen LogP contribution in [-0.4, -0.2) is 4.57 Å². The second-order valence-corrected chi connectivity index (χ2v) is 16.1. The summed E-state index contributed by atoms with van der Waals surface area (Å²) >= 11 is 0. The highest BCUT2D eigenvalue weighted by Gasteiger charge is 2.18. The fourth-order valence-corrected chi connectivity index (χ4v) is 9.27. The highest BCUT2D eigenvalue weighted by molar-refractivity contribution is 6.15. The Labute approximate surface area is 363 Å². The quantitative estimate of drug-likeness (QED) is 0.141. The van der Waals surface area contributed by atoms with E-state index in [9.17, 15) is 0 Å². The van der Waals surface area contributed by atoms with Gasteiger partial charge >= 0.3 is 0 Å². The van der Waals surface area contributed by atoms with Gasteiger partial charge in [-0.2, -0.15) is 0 Å². The zero-order valence-corrected chi connectivity index (χ0v) is 34.4. The van der Waals surface area contributed by atoms with E-state index in [1.54, 1.807) is 0 Å². The van der Waals surface area contributed by atoms with E-state index in [-0.39, 0.29) is 0 Å². The minimum Gasteiger partial charge on any atom is -0.310 e. The van der Waals surface area contributed by atoms with Gasteiger partial charge in [-0.25, -0.2) is 0 Å². The van der Waals surface area contributed by atoms with E-state index < -0.39 is 0 Å². The summed E-state index contributed by atoms with van der Waals surface area (Å²) in [6, 6.07) is 83.6. The molecule has 1 heterocycles. The predicted molar refractivity (Wildman–Crippen MR) is 263 cm³/mol. The number of rotatable bonds is 9. The Balaban J connectivity index is 0.963. The molecule has 0 aliphatic heterocycles. The lowest BCUT2D eigenvalue weighted by molar-refractivity contribution is 0.856. The van der Waals surface area contributed by atoms with Gasteiger partial charge in [0, 0.05) is 39.4 Å². The SMILES string of the molecule is C1=CC(c2ccccc2)CC=C1c1ccc(N(c2ccc(-c3ccccc3)cc2)c2cccc(-c3cccc(-c4cccc5c4c4ccccc4n5-c4ccccc4)c3)c2)cc1. The van der Waals surface area contributed by atoms with Crippen LogP contribution < -0.4 is 4.90 Å². The van der Waals surface area contributed by atoms with Crippen molar-refractivity contribution in [3.8, 4) is 39.1 Å². The van der Waals surface area contributed by atoms with Crippen LogP contribution in [0.15, 0.2) is 249 Å². The topological polar surface area (TPSA) is 8.17 Å². The third-order valence-electron chi connectivity index (χ3n) is 12.3. The second kappa shape index (κ2) is 16.3. The standard InChI is InChI=1S/C60H44N2/c1-4-15-43(16-5-1)45-29-31-46(32-30-45)48-35-39-54(40-36-48)61(53-37-33-47(34-38-53)44-17-6-2-7-18-44)55-24-13-20-50(42-55)49-19-12-21-51(41-49)56-26-14-28-59-60(56)57-25-10-11-27-58(57)62(59)52-22-8-3-9-23-52/h1-29,31-42,45H,30H2. The molecule has 2 nitrogen and oxygen atoms in total. The number of para-hydroxylation sites is 2. The molecular weight excluding hydrogens is 749 g/mol. The summed E-state index contributed by atoms with van der Waals surface area (Å²) in [6.45, 7) is 0. The lowest BCUT2D eigenvalue weighted by Gasteiger charge is -2.27. The van der Waals surface area contributed by atoms with Crippen molar-refractivity contribution in [3.63, 3.8) is 0 Å². The smallest absolute Gasteiger partial charge is 0.0547 e. The maximum absolute atomic E-state index is 2.39. The van der Waals surface area contributed by atoms with E-state index in [4.69, 9.17) is 0 Å². The van der Waals surface area contributed by atoms with Gasteiger partial charge in [0.2, 0.25) is 0 Å². The molecule has 1 aliphatic carbocycles. The number of fused-ring (bicyclic) bond motifs is 3. The highest BCUT2D eigenvalue weighted by atomic mass is 15.1. The van der Waals surface area contributed by atoms with E-state index in [1.807, 2.05) is 0 Å². The molecule has 9 aromatic carbocycles. The normalized spacial score (nSPS) is 13.6. The third kappa shape index (κ3) is 7.02. The number of hydrogen-bond donors (Lipinski definition) is 0. The molecule has 62 heavy (non-hydrogen) atoms. The molecule has 1 atom stereocenters. The van der Waals surface area contributed by atoms with Gasteiger partial charge in [-0.1, -0.05) is 182 Å². The Kier molecular flexibility index (Phi) is 9.72. The van der Waals surface area contributed by atoms with Crippen LogP contribution in [0, 0.1) is 0 Å². The predicted octanol–water partition coefficient (Wildman–Crippen LogP) is 16.4. The van der Waals surface area contributed by atoms with Gasteiger partial charge in [-0.15, -0.1) is 0 Å². The van der Waals surface area contributed by atoms with Crippen molar-refractivity contribution in [3.05, 3.63) is 260 Å². The highest BCUT2D eigenvalue weighted by Crippen LogP contribution is 2.42. The fraction of sp³-hybridized carbons (Fsp3) is 0.0333. The van der Waals surface area contributed by atoms with Crippen molar-refractivity contribution in [1.82, 2.24) is 4.57 Å². The van der Waals surface area contributed by atoms with Crippen molar-refractivity contribution >= 4 is 44.4 Å². The van der Waals surface area contributed by atoms with Gasteiger partial charge < -0.3 is 9.47 Å². The Morgan fingerprint density at radius 3 is 1.69 bits per heavy atom. The van der Waals surface area contributed by atoms with Crippen LogP contribution >= 0.6 is 0 Å². The van der Waals surface area contributed by atoms with Crippen LogP contribution in [0.25, 0.3) is 66.4 Å². The molecule has 0 N–H and O–H groups in total. The summed E-state index contributed by atoms with van der Waals surface area (Å²) in [7, 11) is 0. The van der Waals surface area contributed by atoms with Crippen LogP contribution in [0.2, 0.25) is 0 Å². The van der Waals surface area contributed by atoms with Crippen LogP contribution in [0.3, 0.4) is 0 Å². The van der Waals surface area contributed by atoms with Crippen LogP contribution in [-0.2, 0) is 0 Å². The van der Waals surface area contributed by atoms with E-state index in [1.165, 1.54) is 66.3 Å². The van der Waals surface area contributed by atoms with Crippen molar-refractivity contribution in [2.75, 3.05) is 4.90 Å². The molecule has 0 spiro atoms. The van der Waals surface area contributed by atoms with Gasteiger partial charge in [0.05, 0.1) is 11.0 Å². The molecule has 1 aliphatic rings. The maximum Gasteiger partial charge on any atom is 0.0547 e. The van der Waals surface area contributed by atoms with Gasteiger partial charge in [-0.3, -0.25) is 0 Å².